The van der Waals surface area contributed by atoms with Crippen molar-refractivity contribution in [2.24, 2.45) is 0 Å². The van der Waals surface area contributed by atoms with Crippen LogP contribution in [0.3, 0.4) is 0 Å². The molecular weight excluding hydrogens is 242 g/mol. The molecule has 1 aromatic rings. The van der Waals surface area contributed by atoms with Gasteiger partial charge in [-0.2, -0.15) is 0 Å². The van der Waals surface area contributed by atoms with E-state index in [0.717, 1.165) is 43.7 Å². The lowest BCUT2D eigenvalue weighted by atomic mass is 10.1. The molecule has 0 radical (unpaired) electrons. The van der Waals surface area contributed by atoms with Crippen molar-refractivity contribution in [2.75, 3.05) is 24.5 Å². The summed E-state index contributed by atoms with van der Waals surface area (Å²) in [5.41, 5.74) is 1.99. The third-order valence-corrected chi connectivity index (χ3v) is 3.72. The van der Waals surface area contributed by atoms with E-state index in [1.165, 1.54) is 0 Å². The number of nitrogens with zero attached hydrogens (tertiary/aromatic N) is 2. The lowest BCUT2D eigenvalue weighted by molar-refractivity contribution is -0.385. The fourth-order valence-corrected chi connectivity index (χ4v) is 2.77. The molecule has 1 atom stereocenters. The van der Waals surface area contributed by atoms with E-state index in [-0.39, 0.29) is 10.6 Å². The van der Waals surface area contributed by atoms with Gasteiger partial charge in [-0.1, -0.05) is 13.0 Å². The van der Waals surface area contributed by atoms with Crippen molar-refractivity contribution in [2.45, 2.75) is 32.7 Å². The first-order valence-electron chi connectivity index (χ1n) is 6.86. The zero-order chi connectivity index (χ0) is 13.8. The summed E-state index contributed by atoms with van der Waals surface area (Å²) in [6, 6.07) is 5.80. The van der Waals surface area contributed by atoms with E-state index in [1.54, 1.807) is 12.1 Å². The molecule has 1 aliphatic rings. The number of nitro benzene ring substituents is 1. The van der Waals surface area contributed by atoms with Crippen LogP contribution in [0.15, 0.2) is 18.2 Å². The van der Waals surface area contributed by atoms with E-state index in [1.807, 2.05) is 13.0 Å². The minimum Gasteiger partial charge on any atom is -0.367 e. The number of nitrogens with one attached hydrogen (secondary N) is 1. The predicted octanol–water partition coefficient (Wildman–Crippen LogP) is 2.48. The highest BCUT2D eigenvalue weighted by Gasteiger charge is 2.25. The summed E-state index contributed by atoms with van der Waals surface area (Å²) >= 11 is 0. The van der Waals surface area contributed by atoms with Crippen molar-refractivity contribution in [3.8, 4) is 0 Å². The maximum atomic E-state index is 11.1. The summed E-state index contributed by atoms with van der Waals surface area (Å²) in [5, 5.41) is 14.4. The summed E-state index contributed by atoms with van der Waals surface area (Å²) in [5.74, 6) is 0. The lowest BCUT2D eigenvalue weighted by Crippen LogP contribution is -2.38. The Balaban J connectivity index is 2.35. The molecule has 19 heavy (non-hydrogen) atoms. The van der Waals surface area contributed by atoms with Crippen molar-refractivity contribution < 1.29 is 4.92 Å². The zero-order valence-corrected chi connectivity index (χ0v) is 11.6. The molecule has 0 aromatic heterocycles. The first-order valence-corrected chi connectivity index (χ1v) is 6.86. The van der Waals surface area contributed by atoms with Crippen LogP contribution in [0.25, 0.3) is 0 Å². The highest BCUT2D eigenvalue weighted by molar-refractivity contribution is 5.62. The summed E-state index contributed by atoms with van der Waals surface area (Å²) in [6.07, 6.45) is 2.14. The second kappa shape index (κ2) is 6.02. The molecule has 1 heterocycles. The number of rotatable bonds is 5. The fraction of sp³-hybridized carbons (Fsp3) is 0.571. The minimum atomic E-state index is -0.296. The molecule has 0 amide bonds. The Hall–Kier alpha value is -1.62. The van der Waals surface area contributed by atoms with Crippen LogP contribution in [0.2, 0.25) is 0 Å². The molecule has 0 aliphatic carbocycles. The Bertz CT molecular complexity index is 456. The molecule has 0 bridgehead atoms. The second-order valence-electron chi connectivity index (χ2n) is 5.02. The van der Waals surface area contributed by atoms with Crippen LogP contribution in [0, 0.1) is 17.0 Å². The van der Waals surface area contributed by atoms with Crippen LogP contribution in [0.4, 0.5) is 11.4 Å². The molecule has 1 unspecified atom stereocenters. The molecule has 1 saturated heterocycles. The SMILES string of the molecule is CCCN(c1cccc([N+](=O)[O-])c1C)C1CCNC1. The van der Waals surface area contributed by atoms with Gasteiger partial charge < -0.3 is 10.2 Å². The Morgan fingerprint density at radius 1 is 1.53 bits per heavy atom. The number of anilines is 1. The quantitative estimate of drug-likeness (QED) is 0.655. The van der Waals surface area contributed by atoms with Crippen molar-refractivity contribution in [1.82, 2.24) is 5.32 Å². The van der Waals surface area contributed by atoms with Gasteiger partial charge in [0.15, 0.2) is 0 Å². The summed E-state index contributed by atoms with van der Waals surface area (Å²) in [6.45, 7) is 6.91. The van der Waals surface area contributed by atoms with Gasteiger partial charge in [-0.3, -0.25) is 10.1 Å². The van der Waals surface area contributed by atoms with Gasteiger partial charge in [0, 0.05) is 30.9 Å². The number of hydrogen-bond donors (Lipinski definition) is 1. The maximum Gasteiger partial charge on any atom is 0.274 e. The number of nitro groups is 1. The molecule has 104 valence electrons. The monoisotopic (exact) mass is 263 g/mol. The summed E-state index contributed by atoms with van der Waals surface area (Å²) in [4.78, 5) is 13.1. The van der Waals surface area contributed by atoms with E-state index < -0.39 is 0 Å². The molecule has 0 spiro atoms. The normalized spacial score (nSPS) is 18.5. The van der Waals surface area contributed by atoms with Crippen molar-refractivity contribution in [3.05, 3.63) is 33.9 Å². The molecule has 1 fully saturated rings. The third-order valence-electron chi connectivity index (χ3n) is 3.72. The molecule has 5 heteroatoms. The molecule has 5 nitrogen and oxygen atoms in total. The van der Waals surface area contributed by atoms with Crippen LogP contribution in [-0.4, -0.2) is 30.6 Å². The molecule has 0 saturated carbocycles. The first kappa shape index (κ1) is 13.8. The first-order chi connectivity index (χ1) is 9.15. The second-order valence-corrected chi connectivity index (χ2v) is 5.02. The average molecular weight is 263 g/mol. The van der Waals surface area contributed by atoms with Crippen molar-refractivity contribution in [1.29, 1.82) is 0 Å². The molecule has 1 aromatic carbocycles. The maximum absolute atomic E-state index is 11.1. The van der Waals surface area contributed by atoms with Crippen LogP contribution >= 0.6 is 0 Å². The molecular formula is C14H21N3O2. The van der Waals surface area contributed by atoms with Crippen LogP contribution in [0.5, 0.6) is 0 Å². The third kappa shape index (κ3) is 2.87. The van der Waals surface area contributed by atoms with Gasteiger partial charge >= 0.3 is 0 Å². The van der Waals surface area contributed by atoms with Crippen LogP contribution < -0.4 is 10.2 Å². The Morgan fingerprint density at radius 2 is 2.32 bits per heavy atom. The van der Waals surface area contributed by atoms with E-state index in [2.05, 4.69) is 17.1 Å². The van der Waals surface area contributed by atoms with E-state index >= 15 is 0 Å². The highest BCUT2D eigenvalue weighted by Crippen LogP contribution is 2.30. The molecule has 2 rings (SSSR count). The Morgan fingerprint density at radius 3 is 2.89 bits per heavy atom. The highest BCUT2D eigenvalue weighted by atomic mass is 16.6. The van der Waals surface area contributed by atoms with E-state index in [4.69, 9.17) is 0 Å². The minimum absolute atomic E-state index is 0.213. The molecule has 1 N–H and O–H groups in total. The number of benzene rings is 1. The fourth-order valence-electron chi connectivity index (χ4n) is 2.77. The smallest absolute Gasteiger partial charge is 0.274 e. The van der Waals surface area contributed by atoms with Gasteiger partial charge in [0.2, 0.25) is 0 Å². The van der Waals surface area contributed by atoms with Crippen molar-refractivity contribution in [3.63, 3.8) is 0 Å². The van der Waals surface area contributed by atoms with Gasteiger partial charge in [-0.15, -0.1) is 0 Å². The number of hydrogen-bond acceptors (Lipinski definition) is 4. The average Bonchev–Trinajstić information content (AvgIpc) is 2.90. The zero-order valence-electron chi connectivity index (χ0n) is 11.6. The van der Waals surface area contributed by atoms with E-state index in [0.29, 0.717) is 6.04 Å². The van der Waals surface area contributed by atoms with Crippen LogP contribution in [0.1, 0.15) is 25.3 Å². The van der Waals surface area contributed by atoms with Gasteiger partial charge in [0.1, 0.15) is 0 Å². The van der Waals surface area contributed by atoms with Gasteiger partial charge in [0.05, 0.1) is 10.5 Å². The van der Waals surface area contributed by atoms with Crippen molar-refractivity contribution >= 4 is 11.4 Å². The summed E-state index contributed by atoms with van der Waals surface area (Å²) in [7, 11) is 0. The van der Waals surface area contributed by atoms with Gasteiger partial charge in [-0.05, 0) is 32.4 Å². The lowest BCUT2D eigenvalue weighted by Gasteiger charge is -2.31. The predicted molar refractivity (Wildman–Crippen MR) is 76.7 cm³/mol. The Labute approximate surface area is 113 Å². The topological polar surface area (TPSA) is 58.4 Å². The molecule has 1 aliphatic heterocycles. The van der Waals surface area contributed by atoms with Gasteiger partial charge in [-0.25, -0.2) is 0 Å². The van der Waals surface area contributed by atoms with Gasteiger partial charge in [0.25, 0.3) is 5.69 Å². The Kier molecular flexibility index (Phi) is 4.37. The van der Waals surface area contributed by atoms with E-state index in [9.17, 15) is 10.1 Å². The standard InChI is InChI=1S/C14H21N3O2/c1-3-9-16(12-7-8-15-10-12)13-5-4-6-14(11(13)2)17(18)19/h4-6,12,15H,3,7-10H2,1-2H3. The van der Waals surface area contributed by atoms with Crippen LogP contribution in [-0.2, 0) is 0 Å². The largest absolute Gasteiger partial charge is 0.367 e. The summed E-state index contributed by atoms with van der Waals surface area (Å²) < 4.78 is 0.